The second-order valence-corrected chi connectivity index (χ2v) is 5.57. The maximum atomic E-state index is 12.5. The SMILES string of the molecule is O=c1c2c([nH]c3c(Cl)ccc(Cl)c13)CCCCC2. The molecule has 0 spiro atoms. The van der Waals surface area contributed by atoms with Gasteiger partial charge in [0.25, 0.3) is 0 Å². The number of hydrogen-bond donors (Lipinski definition) is 1. The molecule has 4 heteroatoms. The molecule has 2 aromatic rings. The van der Waals surface area contributed by atoms with E-state index >= 15 is 0 Å². The van der Waals surface area contributed by atoms with Crippen LogP contribution < -0.4 is 5.43 Å². The lowest BCUT2D eigenvalue weighted by Gasteiger charge is -2.10. The molecule has 0 saturated heterocycles. The number of benzene rings is 1. The topological polar surface area (TPSA) is 32.9 Å². The molecule has 0 unspecified atom stereocenters. The van der Waals surface area contributed by atoms with Gasteiger partial charge in [0.2, 0.25) is 0 Å². The van der Waals surface area contributed by atoms with Crippen LogP contribution >= 0.6 is 23.2 Å². The monoisotopic (exact) mass is 281 g/mol. The van der Waals surface area contributed by atoms with Gasteiger partial charge in [-0.1, -0.05) is 29.6 Å². The van der Waals surface area contributed by atoms with Crippen LogP contribution in [0.5, 0.6) is 0 Å². The Morgan fingerprint density at radius 3 is 2.56 bits per heavy atom. The smallest absolute Gasteiger partial charge is 0.194 e. The highest BCUT2D eigenvalue weighted by Crippen LogP contribution is 2.28. The predicted octanol–water partition coefficient (Wildman–Crippen LogP) is 4.10. The zero-order chi connectivity index (χ0) is 12.7. The lowest BCUT2D eigenvalue weighted by molar-refractivity contribution is 0.708. The van der Waals surface area contributed by atoms with Crippen molar-refractivity contribution in [3.63, 3.8) is 0 Å². The molecule has 1 heterocycles. The minimum Gasteiger partial charge on any atom is -0.357 e. The van der Waals surface area contributed by atoms with Gasteiger partial charge in [-0.25, -0.2) is 0 Å². The molecule has 2 nitrogen and oxygen atoms in total. The van der Waals surface area contributed by atoms with Crippen LogP contribution in [0.1, 0.15) is 30.5 Å². The molecule has 18 heavy (non-hydrogen) atoms. The summed E-state index contributed by atoms with van der Waals surface area (Å²) in [5, 5.41) is 1.56. The van der Waals surface area contributed by atoms with Crippen molar-refractivity contribution >= 4 is 34.1 Å². The van der Waals surface area contributed by atoms with Crippen molar-refractivity contribution in [2.45, 2.75) is 32.1 Å². The number of pyridine rings is 1. The molecule has 0 atom stereocenters. The highest BCUT2D eigenvalue weighted by Gasteiger charge is 2.17. The molecule has 0 saturated carbocycles. The Morgan fingerprint density at radius 1 is 1.00 bits per heavy atom. The number of aryl methyl sites for hydroxylation is 1. The van der Waals surface area contributed by atoms with E-state index in [9.17, 15) is 4.79 Å². The summed E-state index contributed by atoms with van der Waals surface area (Å²) in [6, 6.07) is 3.41. The molecule has 0 bridgehead atoms. The Hall–Kier alpha value is -0.990. The maximum absolute atomic E-state index is 12.5. The summed E-state index contributed by atoms with van der Waals surface area (Å²) in [7, 11) is 0. The third-order valence-corrected chi connectivity index (χ3v) is 4.23. The van der Waals surface area contributed by atoms with Crippen LogP contribution in [0.3, 0.4) is 0 Å². The summed E-state index contributed by atoms with van der Waals surface area (Å²) in [4.78, 5) is 15.9. The van der Waals surface area contributed by atoms with Gasteiger partial charge in [0, 0.05) is 11.3 Å². The van der Waals surface area contributed by atoms with Crippen molar-refractivity contribution < 1.29 is 0 Å². The first-order chi connectivity index (χ1) is 8.68. The Labute approximate surface area is 115 Å². The van der Waals surface area contributed by atoms with Gasteiger partial charge in [-0.2, -0.15) is 0 Å². The molecule has 0 aliphatic heterocycles. The Kier molecular flexibility index (Phi) is 3.08. The quantitative estimate of drug-likeness (QED) is 0.725. The fraction of sp³-hybridized carbons (Fsp3) is 0.357. The van der Waals surface area contributed by atoms with E-state index in [1.54, 1.807) is 12.1 Å². The average Bonchev–Trinajstić information content (AvgIpc) is 2.59. The van der Waals surface area contributed by atoms with Crippen molar-refractivity contribution in [2.24, 2.45) is 0 Å². The number of hydrogen-bond acceptors (Lipinski definition) is 1. The first-order valence-electron chi connectivity index (χ1n) is 6.20. The first-order valence-corrected chi connectivity index (χ1v) is 6.96. The fourth-order valence-corrected chi connectivity index (χ4v) is 3.12. The van der Waals surface area contributed by atoms with E-state index in [2.05, 4.69) is 4.98 Å². The first kappa shape index (κ1) is 12.1. The molecule has 1 N–H and O–H groups in total. The van der Waals surface area contributed by atoms with E-state index < -0.39 is 0 Å². The van der Waals surface area contributed by atoms with Crippen LogP contribution in [0, 0.1) is 0 Å². The standard InChI is InChI=1S/C14H13Cl2NO/c15-9-6-7-10(16)13-12(9)14(18)8-4-2-1-3-5-11(8)17-13/h6-7H,1-5H2,(H,17,18). The van der Waals surface area contributed by atoms with Crippen LogP contribution in [-0.2, 0) is 12.8 Å². The van der Waals surface area contributed by atoms with Gasteiger partial charge in [-0.15, -0.1) is 0 Å². The molecule has 0 radical (unpaired) electrons. The number of aromatic nitrogens is 1. The van der Waals surface area contributed by atoms with E-state index in [-0.39, 0.29) is 5.43 Å². The van der Waals surface area contributed by atoms with Gasteiger partial charge in [-0.3, -0.25) is 4.79 Å². The van der Waals surface area contributed by atoms with Gasteiger partial charge in [0.1, 0.15) is 0 Å². The van der Waals surface area contributed by atoms with Crippen LogP contribution in [0.2, 0.25) is 10.0 Å². The molecule has 1 aromatic carbocycles. The maximum Gasteiger partial charge on any atom is 0.194 e. The molecule has 1 aliphatic rings. The second-order valence-electron chi connectivity index (χ2n) is 4.75. The lowest BCUT2D eigenvalue weighted by Crippen LogP contribution is -2.14. The Balaban J connectivity index is 2.42. The molecular weight excluding hydrogens is 269 g/mol. The molecule has 1 aliphatic carbocycles. The third-order valence-electron chi connectivity index (χ3n) is 3.60. The van der Waals surface area contributed by atoms with Crippen molar-refractivity contribution in [3.8, 4) is 0 Å². The van der Waals surface area contributed by atoms with Crippen LogP contribution in [0.25, 0.3) is 10.9 Å². The predicted molar refractivity (Wildman–Crippen MR) is 75.8 cm³/mol. The number of halogens is 2. The normalized spacial score (nSPS) is 15.4. The van der Waals surface area contributed by atoms with Gasteiger partial charge in [0.15, 0.2) is 5.43 Å². The summed E-state index contributed by atoms with van der Waals surface area (Å²) in [5.41, 5.74) is 2.65. The summed E-state index contributed by atoms with van der Waals surface area (Å²) < 4.78 is 0. The molecular formula is C14H13Cl2NO. The summed E-state index contributed by atoms with van der Waals surface area (Å²) in [6.07, 6.45) is 5.11. The van der Waals surface area contributed by atoms with Gasteiger partial charge in [0.05, 0.1) is 20.9 Å². The van der Waals surface area contributed by atoms with Crippen LogP contribution in [0.15, 0.2) is 16.9 Å². The molecule has 3 rings (SSSR count). The highest BCUT2D eigenvalue weighted by atomic mass is 35.5. The largest absolute Gasteiger partial charge is 0.357 e. The number of aromatic amines is 1. The number of rotatable bonds is 0. The van der Waals surface area contributed by atoms with Gasteiger partial charge >= 0.3 is 0 Å². The number of fused-ring (bicyclic) bond motifs is 2. The van der Waals surface area contributed by atoms with Crippen molar-refractivity contribution in [3.05, 3.63) is 43.7 Å². The van der Waals surface area contributed by atoms with E-state index in [0.717, 1.165) is 36.9 Å². The Bertz CT molecular complexity index is 676. The zero-order valence-electron chi connectivity index (χ0n) is 9.85. The van der Waals surface area contributed by atoms with E-state index in [4.69, 9.17) is 23.2 Å². The molecule has 94 valence electrons. The van der Waals surface area contributed by atoms with Crippen molar-refractivity contribution in [2.75, 3.05) is 0 Å². The van der Waals surface area contributed by atoms with E-state index in [1.165, 1.54) is 6.42 Å². The van der Waals surface area contributed by atoms with Crippen molar-refractivity contribution in [1.29, 1.82) is 0 Å². The summed E-state index contributed by atoms with van der Waals surface area (Å²) in [5.74, 6) is 0. The van der Waals surface area contributed by atoms with Crippen molar-refractivity contribution in [1.82, 2.24) is 4.98 Å². The molecule has 1 aromatic heterocycles. The zero-order valence-corrected chi connectivity index (χ0v) is 11.4. The lowest BCUT2D eigenvalue weighted by atomic mass is 10.0. The third kappa shape index (κ3) is 1.84. The summed E-state index contributed by atoms with van der Waals surface area (Å²) >= 11 is 12.3. The van der Waals surface area contributed by atoms with E-state index in [0.29, 0.717) is 20.9 Å². The molecule has 0 amide bonds. The summed E-state index contributed by atoms with van der Waals surface area (Å²) in [6.45, 7) is 0. The minimum absolute atomic E-state index is 0.0492. The fourth-order valence-electron chi connectivity index (χ4n) is 2.67. The Morgan fingerprint density at radius 2 is 1.72 bits per heavy atom. The van der Waals surface area contributed by atoms with E-state index in [1.807, 2.05) is 0 Å². The number of nitrogens with one attached hydrogen (secondary N) is 1. The van der Waals surface area contributed by atoms with Crippen LogP contribution in [-0.4, -0.2) is 4.98 Å². The van der Waals surface area contributed by atoms with Gasteiger partial charge < -0.3 is 4.98 Å². The van der Waals surface area contributed by atoms with Crippen LogP contribution in [0.4, 0.5) is 0 Å². The highest BCUT2D eigenvalue weighted by molar-refractivity contribution is 6.39. The molecule has 0 fully saturated rings. The van der Waals surface area contributed by atoms with Gasteiger partial charge in [-0.05, 0) is 37.8 Å². The minimum atomic E-state index is 0.0492. The second kappa shape index (κ2) is 4.60. The number of H-pyrrole nitrogens is 1. The average molecular weight is 282 g/mol.